The third kappa shape index (κ3) is 5.18. The van der Waals surface area contributed by atoms with Gasteiger partial charge in [0, 0.05) is 18.7 Å². The summed E-state index contributed by atoms with van der Waals surface area (Å²) >= 11 is 0. The zero-order valence-corrected chi connectivity index (χ0v) is 19.0. The van der Waals surface area contributed by atoms with Crippen LogP contribution in [0.25, 0.3) is 11.1 Å². The molecule has 8 nitrogen and oxygen atoms in total. The number of hydrogen-bond donors (Lipinski definition) is 4. The van der Waals surface area contributed by atoms with E-state index in [1.165, 1.54) is 11.1 Å². The Bertz CT molecular complexity index is 1210. The van der Waals surface area contributed by atoms with Crippen molar-refractivity contribution in [2.24, 2.45) is 5.73 Å². The Morgan fingerprint density at radius 1 is 1.09 bits per heavy atom. The first-order chi connectivity index (χ1) is 16.4. The molecular formula is C26H28N4O4. The van der Waals surface area contributed by atoms with Crippen molar-refractivity contribution in [3.05, 3.63) is 87.8 Å². The first kappa shape index (κ1) is 23.3. The molecule has 34 heavy (non-hydrogen) atoms. The van der Waals surface area contributed by atoms with Crippen LogP contribution in [0.5, 0.6) is 0 Å². The van der Waals surface area contributed by atoms with Gasteiger partial charge < -0.3 is 26.1 Å². The minimum atomic E-state index is -0.802. The van der Waals surface area contributed by atoms with Gasteiger partial charge in [0.05, 0.1) is 6.04 Å². The van der Waals surface area contributed by atoms with Crippen LogP contribution in [0.4, 0.5) is 10.5 Å². The highest BCUT2D eigenvalue weighted by molar-refractivity contribution is 5.94. The number of alkyl carbamates (subject to hydrolysis) is 1. The van der Waals surface area contributed by atoms with Crippen molar-refractivity contribution in [1.29, 1.82) is 0 Å². The Kier molecular flexibility index (Phi) is 7.08. The molecule has 1 atom stereocenters. The van der Waals surface area contributed by atoms with Gasteiger partial charge in [-0.15, -0.1) is 0 Å². The smallest absolute Gasteiger partial charge is 0.407 e. The van der Waals surface area contributed by atoms with Crippen LogP contribution in [0.2, 0.25) is 0 Å². The van der Waals surface area contributed by atoms with Crippen LogP contribution in [0.1, 0.15) is 35.4 Å². The van der Waals surface area contributed by atoms with Gasteiger partial charge in [0.25, 0.3) is 5.56 Å². The molecule has 1 aromatic heterocycles. The number of nitrogens with one attached hydrogen (secondary N) is 3. The summed E-state index contributed by atoms with van der Waals surface area (Å²) in [6.07, 6.45) is 1.89. The summed E-state index contributed by atoms with van der Waals surface area (Å²) in [5, 5.41) is 5.26. The van der Waals surface area contributed by atoms with Gasteiger partial charge in [-0.2, -0.15) is 0 Å². The number of nitrogens with two attached hydrogens (primary N) is 1. The first-order valence-electron chi connectivity index (χ1n) is 11.3. The van der Waals surface area contributed by atoms with E-state index in [4.69, 9.17) is 10.5 Å². The van der Waals surface area contributed by atoms with Gasteiger partial charge in [0.1, 0.15) is 12.3 Å². The number of fused-ring (bicyclic) bond motifs is 3. The number of hydrogen-bond acceptors (Lipinski definition) is 5. The number of pyridine rings is 1. The Balaban J connectivity index is 1.21. The highest BCUT2D eigenvalue weighted by Crippen LogP contribution is 2.44. The number of amides is 2. The normalized spacial score (nSPS) is 13.0. The standard InChI is InChI=1S/C26H28N4O4/c1-16-13-23(25(32)29-14-16)30-24(31)22(27)11-6-12-28-26(33)34-15-21-19-9-4-2-7-17(19)18-8-3-5-10-20(18)21/h2-5,7-10,13-14,21-22H,6,11-12,15,27H2,1H3,(H,28,33)(H,29,32)(H,30,31)/t22-/m0/s1. The number of carbonyl (C=O) groups is 2. The van der Waals surface area contributed by atoms with E-state index in [2.05, 4.69) is 39.9 Å². The largest absolute Gasteiger partial charge is 0.449 e. The Morgan fingerprint density at radius 2 is 1.74 bits per heavy atom. The maximum Gasteiger partial charge on any atom is 0.407 e. The van der Waals surface area contributed by atoms with Gasteiger partial charge in [-0.1, -0.05) is 48.5 Å². The summed E-state index contributed by atoms with van der Waals surface area (Å²) in [5.41, 5.74) is 11.2. The van der Waals surface area contributed by atoms with Crippen LogP contribution in [-0.2, 0) is 9.53 Å². The van der Waals surface area contributed by atoms with E-state index in [-0.39, 0.29) is 23.8 Å². The number of ether oxygens (including phenoxy) is 1. The molecule has 3 aromatic rings. The molecule has 2 aromatic carbocycles. The highest BCUT2D eigenvalue weighted by atomic mass is 16.5. The molecule has 0 radical (unpaired) electrons. The van der Waals surface area contributed by atoms with Crippen LogP contribution < -0.4 is 21.9 Å². The number of rotatable bonds is 8. The molecule has 1 aliphatic rings. The molecule has 0 saturated heterocycles. The predicted molar refractivity (Wildman–Crippen MR) is 131 cm³/mol. The Labute approximate surface area is 197 Å². The van der Waals surface area contributed by atoms with Gasteiger partial charge in [-0.3, -0.25) is 9.59 Å². The predicted octanol–water partition coefficient (Wildman–Crippen LogP) is 3.27. The summed E-state index contributed by atoms with van der Waals surface area (Å²) in [6.45, 7) is 2.37. The fourth-order valence-electron chi connectivity index (χ4n) is 4.20. The average Bonchev–Trinajstić information content (AvgIpc) is 3.16. The van der Waals surface area contributed by atoms with E-state index in [0.717, 1.165) is 16.7 Å². The van der Waals surface area contributed by atoms with Crippen LogP contribution in [0, 0.1) is 6.92 Å². The molecule has 0 fully saturated rings. The molecular weight excluding hydrogens is 432 g/mol. The topological polar surface area (TPSA) is 126 Å². The van der Waals surface area contributed by atoms with E-state index in [0.29, 0.717) is 19.4 Å². The molecule has 1 heterocycles. The van der Waals surface area contributed by atoms with Crippen molar-refractivity contribution in [2.75, 3.05) is 18.5 Å². The van der Waals surface area contributed by atoms with Crippen molar-refractivity contribution in [3.63, 3.8) is 0 Å². The van der Waals surface area contributed by atoms with Crippen molar-refractivity contribution in [2.45, 2.75) is 31.7 Å². The Hall–Kier alpha value is -3.91. The molecule has 0 aliphatic heterocycles. The third-order valence-corrected chi connectivity index (χ3v) is 5.95. The highest BCUT2D eigenvalue weighted by Gasteiger charge is 2.29. The van der Waals surface area contributed by atoms with Crippen molar-refractivity contribution in [1.82, 2.24) is 10.3 Å². The van der Waals surface area contributed by atoms with Crippen molar-refractivity contribution < 1.29 is 14.3 Å². The van der Waals surface area contributed by atoms with Gasteiger partial charge in [0.15, 0.2) is 0 Å². The number of H-pyrrole nitrogens is 1. The average molecular weight is 461 g/mol. The van der Waals surface area contributed by atoms with E-state index in [1.54, 1.807) is 19.2 Å². The molecule has 0 unspecified atom stereocenters. The van der Waals surface area contributed by atoms with Crippen molar-refractivity contribution in [3.8, 4) is 11.1 Å². The maximum atomic E-state index is 12.3. The van der Waals surface area contributed by atoms with Gasteiger partial charge >= 0.3 is 6.09 Å². The molecule has 4 rings (SSSR count). The molecule has 2 amide bonds. The number of benzene rings is 2. The summed E-state index contributed by atoms with van der Waals surface area (Å²) < 4.78 is 5.50. The molecule has 1 aliphatic carbocycles. The fraction of sp³-hybridized carbons (Fsp3) is 0.269. The maximum absolute atomic E-state index is 12.3. The van der Waals surface area contributed by atoms with Crippen molar-refractivity contribution >= 4 is 17.7 Å². The monoisotopic (exact) mass is 460 g/mol. The lowest BCUT2D eigenvalue weighted by Gasteiger charge is -2.15. The van der Waals surface area contributed by atoms with Crippen LogP contribution in [0.3, 0.4) is 0 Å². The van der Waals surface area contributed by atoms with E-state index < -0.39 is 18.0 Å². The summed E-state index contributed by atoms with van der Waals surface area (Å²) in [6, 6.07) is 17.1. The molecule has 5 N–H and O–H groups in total. The second kappa shape index (κ2) is 10.4. The van der Waals surface area contributed by atoms with Crippen LogP contribution >= 0.6 is 0 Å². The van der Waals surface area contributed by atoms with Crippen LogP contribution in [-0.4, -0.2) is 36.2 Å². The first-order valence-corrected chi connectivity index (χ1v) is 11.3. The quantitative estimate of drug-likeness (QED) is 0.384. The lowest BCUT2D eigenvalue weighted by Crippen LogP contribution is -2.37. The number of aromatic amines is 1. The molecule has 0 saturated carbocycles. The summed E-state index contributed by atoms with van der Waals surface area (Å²) in [5.74, 6) is -0.447. The third-order valence-electron chi connectivity index (χ3n) is 5.95. The van der Waals surface area contributed by atoms with Gasteiger partial charge in [0.2, 0.25) is 5.91 Å². The number of carbonyl (C=O) groups excluding carboxylic acids is 2. The number of anilines is 1. The molecule has 0 spiro atoms. The molecule has 176 valence electrons. The zero-order chi connectivity index (χ0) is 24.1. The Morgan fingerprint density at radius 3 is 2.41 bits per heavy atom. The lowest BCUT2D eigenvalue weighted by molar-refractivity contribution is -0.117. The lowest BCUT2D eigenvalue weighted by atomic mass is 9.98. The minimum Gasteiger partial charge on any atom is -0.449 e. The summed E-state index contributed by atoms with van der Waals surface area (Å²) in [4.78, 5) is 38.8. The molecule has 0 bridgehead atoms. The number of aromatic nitrogens is 1. The van der Waals surface area contributed by atoms with E-state index in [9.17, 15) is 14.4 Å². The van der Waals surface area contributed by atoms with Crippen LogP contribution in [0.15, 0.2) is 65.6 Å². The summed E-state index contributed by atoms with van der Waals surface area (Å²) in [7, 11) is 0. The number of aryl methyl sites for hydroxylation is 1. The van der Waals surface area contributed by atoms with Gasteiger partial charge in [-0.05, 0) is 53.6 Å². The van der Waals surface area contributed by atoms with E-state index in [1.807, 2.05) is 24.3 Å². The molecule has 8 heteroatoms. The van der Waals surface area contributed by atoms with Gasteiger partial charge in [-0.25, -0.2) is 4.79 Å². The zero-order valence-electron chi connectivity index (χ0n) is 19.0. The van der Waals surface area contributed by atoms with E-state index >= 15 is 0 Å². The minimum absolute atomic E-state index is 0.0000389. The SMILES string of the molecule is Cc1c[nH]c(=O)c(NC(=O)[C@@H](N)CCCNC(=O)OCC2c3ccccc3-c3ccccc32)c1. The second-order valence-corrected chi connectivity index (χ2v) is 8.41. The second-order valence-electron chi connectivity index (χ2n) is 8.41. The fourth-order valence-corrected chi connectivity index (χ4v) is 4.20.